The van der Waals surface area contributed by atoms with Crippen molar-refractivity contribution in [3.8, 4) is 5.00 Å². The molecule has 0 amide bonds. The van der Waals surface area contributed by atoms with Gasteiger partial charge in [-0.15, -0.1) is 21.5 Å². The van der Waals surface area contributed by atoms with Gasteiger partial charge >= 0.3 is 5.97 Å². The van der Waals surface area contributed by atoms with Crippen LogP contribution in [0.1, 0.15) is 64.3 Å². The number of rotatable bonds is 5. The van der Waals surface area contributed by atoms with Gasteiger partial charge in [0.05, 0.1) is 25.3 Å². The lowest BCUT2D eigenvalue weighted by molar-refractivity contribution is -0.146. The van der Waals surface area contributed by atoms with E-state index in [0.717, 1.165) is 39.8 Å². The number of carbonyl (C=O) groups excluding carboxylic acids is 1. The van der Waals surface area contributed by atoms with E-state index in [9.17, 15) is 4.79 Å². The number of carbonyl (C=O) groups is 1. The number of benzene rings is 1. The molecule has 2 aromatic heterocycles. The predicted octanol–water partition coefficient (Wildman–Crippen LogP) is 4.42. The Balaban J connectivity index is 1.79. The molecule has 4 heterocycles. The van der Waals surface area contributed by atoms with Crippen LogP contribution in [-0.4, -0.2) is 40.2 Å². The van der Waals surface area contributed by atoms with Crippen molar-refractivity contribution in [1.82, 2.24) is 14.8 Å². The van der Waals surface area contributed by atoms with Gasteiger partial charge in [-0.3, -0.25) is 14.4 Å². The van der Waals surface area contributed by atoms with E-state index < -0.39 is 12.0 Å². The minimum absolute atomic E-state index is 0.155. The summed E-state index contributed by atoms with van der Waals surface area (Å²) in [6.07, 6.45) is 0.740. The summed E-state index contributed by atoms with van der Waals surface area (Å²) in [4.78, 5) is 19.2. The third kappa shape index (κ3) is 3.29. The first-order chi connectivity index (χ1) is 15.4. The second-order valence-electron chi connectivity index (χ2n) is 8.31. The van der Waals surface area contributed by atoms with Crippen LogP contribution in [0.5, 0.6) is 0 Å². The van der Waals surface area contributed by atoms with Crippen molar-refractivity contribution in [3.63, 3.8) is 0 Å². The summed E-state index contributed by atoms with van der Waals surface area (Å²) < 4.78 is 12.7. The molecule has 3 atom stereocenters. The topological polar surface area (TPSA) is 81.9 Å². The average molecular weight is 451 g/mol. The fourth-order valence-electron chi connectivity index (χ4n) is 4.41. The number of fused-ring (bicyclic) bond motifs is 3. The Morgan fingerprint density at radius 3 is 2.78 bits per heavy atom. The summed E-state index contributed by atoms with van der Waals surface area (Å²) in [5.74, 6) is 0.719. The quantitative estimate of drug-likeness (QED) is 0.425. The molecule has 0 radical (unpaired) electrons. The number of epoxide rings is 1. The molecule has 8 heteroatoms. The van der Waals surface area contributed by atoms with Crippen LogP contribution in [0.3, 0.4) is 0 Å². The van der Waals surface area contributed by atoms with E-state index in [2.05, 4.69) is 46.8 Å². The van der Waals surface area contributed by atoms with Gasteiger partial charge in [-0.1, -0.05) is 25.1 Å². The number of aromatic nitrogens is 3. The highest BCUT2D eigenvalue weighted by Crippen LogP contribution is 2.42. The normalized spacial score (nSPS) is 20.1. The largest absolute Gasteiger partial charge is 0.469 e. The fraction of sp³-hybridized carbons (Fsp3) is 0.417. The second kappa shape index (κ2) is 7.94. The number of aryl methyl sites for hydroxylation is 2. The molecular formula is C24H26N4O3S. The van der Waals surface area contributed by atoms with Gasteiger partial charge in [0.15, 0.2) is 5.82 Å². The maximum Gasteiger partial charge on any atom is 0.311 e. The molecule has 7 nitrogen and oxygen atoms in total. The Bertz CT molecular complexity index is 1240. The van der Waals surface area contributed by atoms with Crippen molar-refractivity contribution < 1.29 is 14.3 Å². The van der Waals surface area contributed by atoms with Crippen LogP contribution in [0.15, 0.2) is 29.3 Å². The number of thiophene rings is 1. The highest BCUT2D eigenvalue weighted by Gasteiger charge is 2.38. The summed E-state index contributed by atoms with van der Waals surface area (Å²) in [7, 11) is 1.42. The molecule has 2 aliphatic rings. The Labute approximate surface area is 191 Å². The average Bonchev–Trinajstić information content (AvgIpc) is 3.54. The highest BCUT2D eigenvalue weighted by molar-refractivity contribution is 7.15. The standard InChI is InChI=1S/C24H26N4O3S/c1-6-17(24(29)30-5)21-22-27-26-14(4)28(22)23-19(12(2)13(3)32-23)20(25-21)16-9-7-8-15(10-16)18-11-31-18/h7-10,17-18,21H,6,11H2,1-5H3/t17?,18?,21-/m0/s1. The Morgan fingerprint density at radius 2 is 2.09 bits per heavy atom. The summed E-state index contributed by atoms with van der Waals surface area (Å²) >= 11 is 1.71. The first-order valence-corrected chi connectivity index (χ1v) is 11.7. The molecule has 166 valence electrons. The van der Waals surface area contributed by atoms with Gasteiger partial charge in [-0.2, -0.15) is 0 Å². The summed E-state index contributed by atoms with van der Waals surface area (Å²) in [6.45, 7) is 8.93. The van der Waals surface area contributed by atoms with Gasteiger partial charge in [-0.05, 0) is 44.4 Å². The molecule has 32 heavy (non-hydrogen) atoms. The van der Waals surface area contributed by atoms with Crippen molar-refractivity contribution in [3.05, 3.63) is 63.0 Å². The number of aliphatic imine (C=N–C) groups is 1. The molecule has 0 N–H and O–H groups in total. The molecule has 0 spiro atoms. The number of hydrogen-bond acceptors (Lipinski definition) is 7. The van der Waals surface area contributed by atoms with Crippen LogP contribution >= 0.6 is 11.3 Å². The number of methoxy groups -OCH3 is 1. The van der Waals surface area contributed by atoms with Crippen molar-refractivity contribution in [1.29, 1.82) is 0 Å². The molecule has 1 aromatic carbocycles. The van der Waals surface area contributed by atoms with Crippen LogP contribution in [0, 0.1) is 26.7 Å². The SMILES string of the molecule is CCC(C(=O)OC)[C@@H]1N=C(c2cccc(C3CO3)c2)c2c(sc(C)c2C)-n2c(C)nnc21. The molecule has 2 aliphatic heterocycles. The van der Waals surface area contributed by atoms with Crippen LogP contribution in [0.4, 0.5) is 0 Å². The van der Waals surface area contributed by atoms with E-state index in [1.807, 2.05) is 19.9 Å². The van der Waals surface area contributed by atoms with E-state index in [4.69, 9.17) is 14.5 Å². The van der Waals surface area contributed by atoms with Crippen molar-refractivity contribution in [2.75, 3.05) is 13.7 Å². The van der Waals surface area contributed by atoms with Crippen LogP contribution in [0.2, 0.25) is 0 Å². The van der Waals surface area contributed by atoms with Gasteiger partial charge in [-0.25, -0.2) is 0 Å². The van der Waals surface area contributed by atoms with Crippen LogP contribution < -0.4 is 0 Å². The first-order valence-electron chi connectivity index (χ1n) is 10.8. The Hall–Kier alpha value is -2.84. The summed E-state index contributed by atoms with van der Waals surface area (Å²) in [5.41, 5.74) is 5.30. The van der Waals surface area contributed by atoms with Crippen molar-refractivity contribution in [2.24, 2.45) is 10.9 Å². The summed E-state index contributed by atoms with van der Waals surface area (Å²) in [5, 5.41) is 9.89. The maximum absolute atomic E-state index is 12.7. The minimum Gasteiger partial charge on any atom is -0.469 e. The van der Waals surface area contributed by atoms with Gasteiger partial charge in [0.2, 0.25) is 0 Å². The third-order valence-electron chi connectivity index (χ3n) is 6.38. The zero-order valence-electron chi connectivity index (χ0n) is 18.9. The van der Waals surface area contributed by atoms with Crippen LogP contribution in [0.25, 0.3) is 5.00 Å². The fourth-order valence-corrected chi connectivity index (χ4v) is 5.63. The maximum atomic E-state index is 12.7. The number of hydrogen-bond donors (Lipinski definition) is 0. The molecule has 2 unspecified atom stereocenters. The van der Waals surface area contributed by atoms with E-state index >= 15 is 0 Å². The smallest absolute Gasteiger partial charge is 0.311 e. The molecule has 0 saturated carbocycles. The Morgan fingerprint density at radius 1 is 1.31 bits per heavy atom. The first kappa shape index (κ1) is 21.0. The molecule has 0 bridgehead atoms. The van der Waals surface area contributed by atoms with E-state index in [1.54, 1.807) is 11.3 Å². The Kier molecular flexibility index (Phi) is 5.22. The molecule has 0 aliphatic carbocycles. The van der Waals surface area contributed by atoms with Gasteiger partial charge < -0.3 is 9.47 Å². The number of ether oxygens (including phenoxy) is 2. The van der Waals surface area contributed by atoms with Gasteiger partial charge in [0.25, 0.3) is 0 Å². The molecule has 1 saturated heterocycles. The van der Waals surface area contributed by atoms with Gasteiger partial charge in [0.1, 0.15) is 23.0 Å². The predicted molar refractivity (Wildman–Crippen MR) is 123 cm³/mol. The van der Waals surface area contributed by atoms with Crippen molar-refractivity contribution in [2.45, 2.75) is 46.3 Å². The lowest BCUT2D eigenvalue weighted by Gasteiger charge is -2.20. The lowest BCUT2D eigenvalue weighted by atomic mass is 9.95. The zero-order chi connectivity index (χ0) is 22.6. The van der Waals surface area contributed by atoms with E-state index in [1.165, 1.54) is 17.6 Å². The van der Waals surface area contributed by atoms with Crippen molar-refractivity contribution >= 4 is 23.0 Å². The van der Waals surface area contributed by atoms with E-state index in [0.29, 0.717) is 12.2 Å². The molecule has 3 aromatic rings. The summed E-state index contributed by atoms with van der Waals surface area (Å²) in [6, 6.07) is 7.87. The monoisotopic (exact) mass is 450 g/mol. The zero-order valence-corrected chi connectivity index (χ0v) is 19.7. The highest BCUT2D eigenvalue weighted by atomic mass is 32.1. The number of nitrogens with zero attached hydrogens (tertiary/aromatic N) is 4. The van der Waals surface area contributed by atoms with Gasteiger partial charge in [0, 0.05) is 16.0 Å². The molecule has 1 fully saturated rings. The van der Waals surface area contributed by atoms with E-state index in [-0.39, 0.29) is 12.1 Å². The number of esters is 1. The molecular weight excluding hydrogens is 424 g/mol. The second-order valence-corrected chi connectivity index (χ2v) is 9.52. The third-order valence-corrected chi connectivity index (χ3v) is 7.57. The van der Waals surface area contributed by atoms with Crippen LogP contribution in [-0.2, 0) is 14.3 Å². The minimum atomic E-state index is -0.496. The lowest BCUT2D eigenvalue weighted by Crippen LogP contribution is -2.24. The molecule has 5 rings (SSSR count).